The summed E-state index contributed by atoms with van der Waals surface area (Å²) in [6, 6.07) is 7.70. The fourth-order valence-electron chi connectivity index (χ4n) is 1.94. The van der Waals surface area contributed by atoms with E-state index in [4.69, 9.17) is 17.4 Å². The van der Waals surface area contributed by atoms with Gasteiger partial charge >= 0.3 is 0 Å². The van der Waals surface area contributed by atoms with E-state index in [0.717, 1.165) is 23.4 Å². The molecule has 3 N–H and O–H groups in total. The lowest BCUT2D eigenvalue weighted by Crippen LogP contribution is -2.41. The molecule has 0 fully saturated rings. The Hall–Kier alpha value is -2.25. The number of anilines is 2. The molecule has 0 aliphatic heterocycles. The van der Waals surface area contributed by atoms with Crippen molar-refractivity contribution in [3.63, 3.8) is 0 Å². The van der Waals surface area contributed by atoms with Crippen LogP contribution in [-0.4, -0.2) is 27.4 Å². The fourth-order valence-corrected chi connectivity index (χ4v) is 2.17. The van der Waals surface area contributed by atoms with Gasteiger partial charge in [0.05, 0.1) is 0 Å². The Bertz CT molecular complexity index is 638. The summed E-state index contributed by atoms with van der Waals surface area (Å²) in [5.74, 6) is 6.50. The largest absolute Gasteiger partial charge is 0.297 e. The van der Waals surface area contributed by atoms with Crippen molar-refractivity contribution in [3.8, 4) is 0 Å². The molecule has 0 aliphatic rings. The van der Waals surface area contributed by atoms with Crippen LogP contribution < -0.4 is 16.2 Å². The standard InChI is InChI=1S/C14H17ClN6O/c1-10(6-7-11-4-2-3-5-12(11)15)21(16)14-18-8-17-13(20-14)19-9-22/h2-5,8-10H,6-7,16H2,1H3,(H,17,18,19,20,22). The second-order valence-corrected chi connectivity index (χ2v) is 5.16. The molecule has 1 heterocycles. The van der Waals surface area contributed by atoms with Gasteiger partial charge in [-0.2, -0.15) is 9.97 Å². The van der Waals surface area contributed by atoms with Gasteiger partial charge in [-0.05, 0) is 31.4 Å². The van der Waals surface area contributed by atoms with Crippen LogP contribution in [0.5, 0.6) is 0 Å². The monoisotopic (exact) mass is 320 g/mol. The molecule has 7 nitrogen and oxygen atoms in total. The van der Waals surface area contributed by atoms with Crippen LogP contribution >= 0.6 is 11.6 Å². The van der Waals surface area contributed by atoms with Crippen LogP contribution in [0.4, 0.5) is 11.9 Å². The number of nitrogens with zero attached hydrogens (tertiary/aromatic N) is 4. The third kappa shape index (κ3) is 4.12. The second kappa shape index (κ2) is 7.67. The minimum Gasteiger partial charge on any atom is -0.297 e. The summed E-state index contributed by atoms with van der Waals surface area (Å²) in [5, 5.41) is 4.56. The van der Waals surface area contributed by atoms with Gasteiger partial charge in [0, 0.05) is 11.1 Å². The highest BCUT2D eigenvalue weighted by Gasteiger charge is 2.15. The number of rotatable bonds is 7. The van der Waals surface area contributed by atoms with Gasteiger partial charge in [-0.25, -0.2) is 10.8 Å². The first-order chi connectivity index (χ1) is 10.6. The summed E-state index contributed by atoms with van der Waals surface area (Å²) in [6.07, 6.45) is 3.37. The van der Waals surface area contributed by atoms with Gasteiger partial charge in [-0.15, -0.1) is 0 Å². The van der Waals surface area contributed by atoms with Crippen molar-refractivity contribution in [3.05, 3.63) is 41.2 Å². The fraction of sp³-hybridized carbons (Fsp3) is 0.286. The molecule has 2 aromatic rings. The second-order valence-electron chi connectivity index (χ2n) is 4.76. The Kier molecular flexibility index (Phi) is 5.62. The Labute approximate surface area is 133 Å². The highest BCUT2D eigenvalue weighted by Crippen LogP contribution is 2.19. The molecule has 8 heteroatoms. The first-order valence-corrected chi connectivity index (χ1v) is 7.16. The molecule has 1 aromatic carbocycles. The maximum absolute atomic E-state index is 10.4. The minimum absolute atomic E-state index is 0.0113. The van der Waals surface area contributed by atoms with E-state index in [1.54, 1.807) is 0 Å². The third-order valence-electron chi connectivity index (χ3n) is 3.24. The maximum Gasteiger partial charge on any atom is 0.244 e. The van der Waals surface area contributed by atoms with Crippen LogP contribution in [-0.2, 0) is 11.2 Å². The van der Waals surface area contributed by atoms with Crippen molar-refractivity contribution in [2.24, 2.45) is 5.84 Å². The van der Waals surface area contributed by atoms with E-state index in [1.807, 2.05) is 31.2 Å². The average molecular weight is 321 g/mol. The van der Waals surface area contributed by atoms with Crippen LogP contribution in [0.25, 0.3) is 0 Å². The number of aryl methyl sites for hydroxylation is 1. The van der Waals surface area contributed by atoms with Crippen LogP contribution in [0, 0.1) is 0 Å². The third-order valence-corrected chi connectivity index (χ3v) is 3.61. The van der Waals surface area contributed by atoms with E-state index in [9.17, 15) is 4.79 Å². The molecule has 0 aliphatic carbocycles. The Balaban J connectivity index is 1.99. The molecule has 1 atom stereocenters. The molecule has 1 amide bonds. The number of hydrogen-bond acceptors (Lipinski definition) is 6. The van der Waals surface area contributed by atoms with Crippen molar-refractivity contribution >= 4 is 29.9 Å². The van der Waals surface area contributed by atoms with Gasteiger partial charge in [0.2, 0.25) is 18.3 Å². The summed E-state index contributed by atoms with van der Waals surface area (Å²) in [6.45, 7) is 1.97. The van der Waals surface area contributed by atoms with Crippen molar-refractivity contribution in [1.82, 2.24) is 15.0 Å². The lowest BCUT2D eigenvalue weighted by Gasteiger charge is -2.24. The molecule has 0 spiro atoms. The van der Waals surface area contributed by atoms with E-state index in [0.29, 0.717) is 12.4 Å². The number of carbonyl (C=O) groups excluding carboxylic acids is 1. The number of aromatic nitrogens is 3. The first kappa shape index (κ1) is 16.1. The number of amides is 1. The molecular formula is C14H17ClN6O. The molecule has 0 radical (unpaired) electrons. The molecule has 0 saturated carbocycles. The van der Waals surface area contributed by atoms with Crippen molar-refractivity contribution in [1.29, 1.82) is 0 Å². The van der Waals surface area contributed by atoms with Gasteiger partial charge in [0.15, 0.2) is 0 Å². The zero-order chi connectivity index (χ0) is 15.9. The number of nitrogens with one attached hydrogen (secondary N) is 1. The number of halogens is 1. The van der Waals surface area contributed by atoms with Crippen LogP contribution in [0.15, 0.2) is 30.6 Å². The van der Waals surface area contributed by atoms with Crippen molar-refractivity contribution < 1.29 is 4.79 Å². The molecule has 1 unspecified atom stereocenters. The molecule has 116 valence electrons. The summed E-state index contributed by atoms with van der Waals surface area (Å²) in [7, 11) is 0. The normalized spacial score (nSPS) is 11.8. The predicted octanol–water partition coefficient (Wildman–Crippen LogP) is 1.79. The van der Waals surface area contributed by atoms with Crippen LogP contribution in [0.3, 0.4) is 0 Å². The molecule has 0 saturated heterocycles. The lowest BCUT2D eigenvalue weighted by atomic mass is 10.1. The van der Waals surface area contributed by atoms with E-state index in [-0.39, 0.29) is 12.0 Å². The number of hydrazine groups is 1. The Morgan fingerprint density at radius 3 is 2.91 bits per heavy atom. The van der Waals surface area contributed by atoms with E-state index in [2.05, 4.69) is 20.3 Å². The van der Waals surface area contributed by atoms with Crippen molar-refractivity contribution in [2.75, 3.05) is 10.3 Å². The molecule has 0 bridgehead atoms. The lowest BCUT2D eigenvalue weighted by molar-refractivity contribution is -0.105. The number of carbonyl (C=O) groups is 1. The topological polar surface area (TPSA) is 97.0 Å². The summed E-state index contributed by atoms with van der Waals surface area (Å²) >= 11 is 6.14. The van der Waals surface area contributed by atoms with Gasteiger partial charge in [-0.3, -0.25) is 15.1 Å². The van der Waals surface area contributed by atoms with Crippen LogP contribution in [0.1, 0.15) is 18.9 Å². The van der Waals surface area contributed by atoms with Crippen molar-refractivity contribution in [2.45, 2.75) is 25.8 Å². The molecule has 22 heavy (non-hydrogen) atoms. The van der Waals surface area contributed by atoms with Gasteiger partial charge < -0.3 is 0 Å². The summed E-state index contributed by atoms with van der Waals surface area (Å²) in [4.78, 5) is 22.3. The highest BCUT2D eigenvalue weighted by atomic mass is 35.5. The molecule has 2 rings (SSSR count). The van der Waals surface area contributed by atoms with E-state index < -0.39 is 0 Å². The summed E-state index contributed by atoms with van der Waals surface area (Å²) in [5.41, 5.74) is 1.07. The summed E-state index contributed by atoms with van der Waals surface area (Å²) < 4.78 is 0. The smallest absolute Gasteiger partial charge is 0.244 e. The maximum atomic E-state index is 10.4. The Morgan fingerprint density at radius 2 is 2.18 bits per heavy atom. The van der Waals surface area contributed by atoms with Gasteiger partial charge in [0.1, 0.15) is 6.33 Å². The quantitative estimate of drug-likeness (QED) is 0.458. The van der Waals surface area contributed by atoms with E-state index >= 15 is 0 Å². The SMILES string of the molecule is CC(CCc1ccccc1Cl)N(N)c1ncnc(NC=O)n1. The zero-order valence-electron chi connectivity index (χ0n) is 12.1. The number of nitrogens with two attached hydrogens (primary N) is 1. The van der Waals surface area contributed by atoms with Gasteiger partial charge in [-0.1, -0.05) is 29.8 Å². The first-order valence-electron chi connectivity index (χ1n) is 6.78. The van der Waals surface area contributed by atoms with E-state index in [1.165, 1.54) is 11.3 Å². The molecule has 1 aromatic heterocycles. The minimum atomic E-state index is -0.0113. The Morgan fingerprint density at radius 1 is 1.41 bits per heavy atom. The number of hydrogen-bond donors (Lipinski definition) is 2. The van der Waals surface area contributed by atoms with Crippen LogP contribution in [0.2, 0.25) is 5.02 Å². The number of benzene rings is 1. The average Bonchev–Trinajstić information content (AvgIpc) is 2.53. The predicted molar refractivity (Wildman–Crippen MR) is 85.4 cm³/mol. The molecular weight excluding hydrogens is 304 g/mol. The highest BCUT2D eigenvalue weighted by molar-refractivity contribution is 6.31. The van der Waals surface area contributed by atoms with Gasteiger partial charge in [0.25, 0.3) is 0 Å². The zero-order valence-corrected chi connectivity index (χ0v) is 12.9.